The first kappa shape index (κ1) is 22.1. The van der Waals surface area contributed by atoms with E-state index in [-0.39, 0.29) is 17.2 Å². The van der Waals surface area contributed by atoms with Crippen LogP contribution in [0.4, 0.5) is 28.9 Å². The van der Waals surface area contributed by atoms with Crippen molar-refractivity contribution in [2.75, 3.05) is 16.8 Å². The van der Waals surface area contributed by atoms with Gasteiger partial charge in [-0.3, -0.25) is 9.59 Å². The highest BCUT2D eigenvalue weighted by atomic mass is 19.3. The van der Waals surface area contributed by atoms with Crippen molar-refractivity contribution in [2.24, 2.45) is 0 Å². The number of anilines is 2. The Morgan fingerprint density at radius 3 is 2.35 bits per heavy atom. The zero-order chi connectivity index (χ0) is 22.4. The number of halogens is 4. The van der Waals surface area contributed by atoms with Crippen LogP contribution in [0, 0.1) is 0 Å². The molecule has 2 amide bonds. The second kappa shape index (κ2) is 9.96. The van der Waals surface area contributed by atoms with Crippen molar-refractivity contribution in [1.82, 2.24) is 0 Å². The molecular formula is C21H18F4N2O4. The topological polar surface area (TPSA) is 67.9 Å². The first-order valence-electron chi connectivity index (χ1n) is 9.25. The second-order valence-corrected chi connectivity index (χ2v) is 6.48. The van der Waals surface area contributed by atoms with Crippen LogP contribution in [0.15, 0.2) is 48.5 Å². The largest absolute Gasteiger partial charge is 0.435 e. The molecule has 0 aromatic heterocycles. The fourth-order valence-electron chi connectivity index (χ4n) is 3.02. The number of carbonyl (C=O) groups excluding carboxylic acids is 2. The van der Waals surface area contributed by atoms with Crippen LogP contribution in [0.1, 0.15) is 18.4 Å². The van der Waals surface area contributed by atoms with Crippen LogP contribution in [-0.4, -0.2) is 31.6 Å². The Labute approximate surface area is 175 Å². The summed E-state index contributed by atoms with van der Waals surface area (Å²) in [7, 11) is 0. The van der Waals surface area contributed by atoms with Crippen LogP contribution in [0.5, 0.6) is 11.5 Å². The molecule has 0 radical (unpaired) electrons. The summed E-state index contributed by atoms with van der Waals surface area (Å²) < 4.78 is 58.3. The number of benzene rings is 2. The van der Waals surface area contributed by atoms with Crippen molar-refractivity contribution in [3.8, 4) is 11.5 Å². The van der Waals surface area contributed by atoms with Gasteiger partial charge in [0.2, 0.25) is 11.8 Å². The molecule has 1 fully saturated rings. The first-order chi connectivity index (χ1) is 14.8. The minimum absolute atomic E-state index is 0.0477. The van der Waals surface area contributed by atoms with Gasteiger partial charge < -0.3 is 19.7 Å². The van der Waals surface area contributed by atoms with E-state index in [0.29, 0.717) is 18.7 Å². The lowest BCUT2D eigenvalue weighted by atomic mass is 10.1. The molecule has 1 saturated heterocycles. The van der Waals surface area contributed by atoms with E-state index in [2.05, 4.69) is 14.8 Å². The number of amides is 2. The van der Waals surface area contributed by atoms with Gasteiger partial charge in [-0.2, -0.15) is 17.6 Å². The maximum Gasteiger partial charge on any atom is 0.387 e. The maximum atomic E-state index is 12.6. The summed E-state index contributed by atoms with van der Waals surface area (Å²) in [5.41, 5.74) is 1.27. The molecule has 6 nitrogen and oxygen atoms in total. The summed E-state index contributed by atoms with van der Waals surface area (Å²) in [5, 5.41) is 2.60. The molecule has 2 aromatic carbocycles. The number of hydrogen-bond acceptors (Lipinski definition) is 4. The molecule has 1 aliphatic heterocycles. The molecule has 0 atom stereocenters. The Morgan fingerprint density at radius 1 is 1.03 bits per heavy atom. The molecule has 3 rings (SSSR count). The third kappa shape index (κ3) is 6.21. The Morgan fingerprint density at radius 2 is 1.74 bits per heavy atom. The highest BCUT2D eigenvalue weighted by Gasteiger charge is 2.21. The smallest absolute Gasteiger partial charge is 0.387 e. The van der Waals surface area contributed by atoms with Crippen LogP contribution in [0.25, 0.3) is 6.08 Å². The maximum absolute atomic E-state index is 12.6. The number of alkyl halides is 4. The van der Waals surface area contributed by atoms with Crippen LogP contribution in [0.2, 0.25) is 0 Å². The molecule has 0 saturated carbocycles. The van der Waals surface area contributed by atoms with Gasteiger partial charge in [0, 0.05) is 42.0 Å². The van der Waals surface area contributed by atoms with Gasteiger partial charge >= 0.3 is 13.2 Å². The van der Waals surface area contributed by atoms with Gasteiger partial charge in [0.05, 0.1) is 0 Å². The van der Waals surface area contributed by atoms with Gasteiger partial charge in [-0.1, -0.05) is 0 Å². The molecule has 2 aromatic rings. The van der Waals surface area contributed by atoms with Crippen molar-refractivity contribution >= 4 is 29.3 Å². The number of nitrogens with one attached hydrogen (secondary N) is 1. The Hall–Kier alpha value is -3.56. The highest BCUT2D eigenvalue weighted by molar-refractivity contribution is 6.02. The first-order valence-corrected chi connectivity index (χ1v) is 9.25. The van der Waals surface area contributed by atoms with Gasteiger partial charge in [0.15, 0.2) is 0 Å². The summed E-state index contributed by atoms with van der Waals surface area (Å²) in [6, 6.07) is 9.91. The number of hydrogen-bond donors (Lipinski definition) is 1. The Kier molecular flexibility index (Phi) is 7.11. The van der Waals surface area contributed by atoms with Crippen molar-refractivity contribution in [2.45, 2.75) is 26.1 Å². The molecule has 31 heavy (non-hydrogen) atoms. The van der Waals surface area contributed by atoms with E-state index >= 15 is 0 Å². The Bertz CT molecular complexity index is 964. The second-order valence-electron chi connectivity index (χ2n) is 6.48. The molecule has 164 valence electrons. The third-order valence-electron chi connectivity index (χ3n) is 4.36. The van der Waals surface area contributed by atoms with Crippen LogP contribution in [-0.2, 0) is 9.59 Å². The predicted molar refractivity (Wildman–Crippen MR) is 105 cm³/mol. The molecule has 0 bridgehead atoms. The van der Waals surface area contributed by atoms with Gasteiger partial charge in [-0.05, 0) is 48.9 Å². The summed E-state index contributed by atoms with van der Waals surface area (Å²) >= 11 is 0. The Balaban J connectivity index is 1.66. The quantitative estimate of drug-likeness (QED) is 0.481. The van der Waals surface area contributed by atoms with Crippen LogP contribution < -0.4 is 19.7 Å². The molecule has 1 aliphatic rings. The standard InChI is InChI=1S/C21H18F4N2O4/c22-20(23)30-16-9-3-13(17(12-16)31-21(24)25)4-10-18(28)26-14-5-7-15(8-6-14)27-11-1-2-19(27)29/h3-10,12,20-21H,1-2,11H2,(H,26,28)/b10-4+. The van der Waals surface area contributed by atoms with Gasteiger partial charge in [0.1, 0.15) is 11.5 Å². The zero-order valence-electron chi connectivity index (χ0n) is 16.1. The molecule has 0 spiro atoms. The lowest BCUT2D eigenvalue weighted by Crippen LogP contribution is -2.23. The fourth-order valence-corrected chi connectivity index (χ4v) is 3.02. The zero-order valence-corrected chi connectivity index (χ0v) is 16.1. The van der Waals surface area contributed by atoms with E-state index < -0.39 is 24.9 Å². The van der Waals surface area contributed by atoms with Gasteiger partial charge in [-0.25, -0.2) is 0 Å². The van der Waals surface area contributed by atoms with E-state index in [4.69, 9.17) is 0 Å². The predicted octanol–water partition coefficient (Wildman–Crippen LogP) is 4.67. The third-order valence-corrected chi connectivity index (χ3v) is 4.36. The van der Waals surface area contributed by atoms with E-state index in [9.17, 15) is 27.2 Å². The van der Waals surface area contributed by atoms with E-state index in [1.165, 1.54) is 12.1 Å². The summed E-state index contributed by atoms with van der Waals surface area (Å²) in [4.78, 5) is 25.6. The highest BCUT2D eigenvalue weighted by Crippen LogP contribution is 2.29. The average Bonchev–Trinajstić information content (AvgIpc) is 3.13. The molecule has 1 N–H and O–H groups in total. The monoisotopic (exact) mass is 438 g/mol. The summed E-state index contributed by atoms with van der Waals surface area (Å²) in [5.74, 6) is -1.28. The van der Waals surface area contributed by atoms with Crippen molar-refractivity contribution in [3.05, 3.63) is 54.1 Å². The normalized spacial score (nSPS) is 14.0. The minimum atomic E-state index is -3.19. The summed E-state index contributed by atoms with van der Waals surface area (Å²) in [6.07, 6.45) is 3.60. The average molecular weight is 438 g/mol. The van der Waals surface area contributed by atoms with Crippen molar-refractivity contribution in [3.63, 3.8) is 0 Å². The van der Waals surface area contributed by atoms with Crippen molar-refractivity contribution < 1.29 is 36.6 Å². The minimum Gasteiger partial charge on any atom is -0.435 e. The van der Waals surface area contributed by atoms with Crippen LogP contribution >= 0.6 is 0 Å². The summed E-state index contributed by atoms with van der Waals surface area (Å²) in [6.45, 7) is -5.66. The number of ether oxygens (including phenoxy) is 2. The fraction of sp³-hybridized carbons (Fsp3) is 0.238. The SMILES string of the molecule is O=C(/C=C/c1ccc(OC(F)F)cc1OC(F)F)Nc1ccc(N2CCCC2=O)cc1. The molecule has 1 heterocycles. The number of nitrogens with zero attached hydrogens (tertiary/aromatic N) is 1. The lowest BCUT2D eigenvalue weighted by Gasteiger charge is -2.15. The lowest BCUT2D eigenvalue weighted by molar-refractivity contribution is -0.117. The molecule has 0 aliphatic carbocycles. The molecular weight excluding hydrogens is 420 g/mol. The van der Waals surface area contributed by atoms with E-state index in [1.54, 1.807) is 29.2 Å². The van der Waals surface area contributed by atoms with Crippen molar-refractivity contribution in [1.29, 1.82) is 0 Å². The molecule has 0 unspecified atom stereocenters. The van der Waals surface area contributed by atoms with Crippen LogP contribution in [0.3, 0.4) is 0 Å². The number of carbonyl (C=O) groups is 2. The molecule has 10 heteroatoms. The van der Waals surface area contributed by atoms with Gasteiger partial charge in [0.25, 0.3) is 0 Å². The van der Waals surface area contributed by atoms with Gasteiger partial charge in [-0.15, -0.1) is 0 Å². The number of rotatable bonds is 8. The van der Waals surface area contributed by atoms with E-state index in [1.807, 2.05) is 0 Å². The van der Waals surface area contributed by atoms with E-state index in [0.717, 1.165) is 30.3 Å².